The Labute approximate surface area is 178 Å². The van der Waals surface area contributed by atoms with Crippen molar-refractivity contribution in [2.75, 3.05) is 11.1 Å². The van der Waals surface area contributed by atoms with E-state index in [1.165, 1.54) is 36.0 Å². The van der Waals surface area contributed by atoms with Gasteiger partial charge in [0.15, 0.2) is 22.5 Å². The summed E-state index contributed by atoms with van der Waals surface area (Å²) >= 11 is 1.17. The van der Waals surface area contributed by atoms with Crippen LogP contribution in [0.2, 0.25) is 0 Å². The average Bonchev–Trinajstić information content (AvgIpc) is 3.39. The molecule has 0 saturated heterocycles. The van der Waals surface area contributed by atoms with Crippen molar-refractivity contribution < 1.29 is 27.4 Å². The molecule has 7 nitrogen and oxygen atoms in total. The van der Waals surface area contributed by atoms with Crippen molar-refractivity contribution in [2.24, 2.45) is 0 Å². The molecule has 0 unspecified atom stereocenters. The van der Waals surface area contributed by atoms with Crippen molar-refractivity contribution in [3.8, 4) is 22.9 Å². The van der Waals surface area contributed by atoms with Crippen molar-refractivity contribution in [2.45, 2.75) is 30.3 Å². The van der Waals surface area contributed by atoms with Crippen LogP contribution in [0.15, 0.2) is 47.6 Å². The standard InChI is InChI=1S/C20H15F3N4O3S/c21-14-4-2-1-3-13(14)18-25-26-19(27(18)12-6-7-12)31-10-17(28)24-11-5-8-15-16(9-11)30-20(22,23)29-15/h1-5,8-9,12H,6-7,10H2,(H,24,28). The molecule has 2 aromatic carbocycles. The van der Waals surface area contributed by atoms with Crippen molar-refractivity contribution >= 4 is 23.4 Å². The van der Waals surface area contributed by atoms with Crippen molar-refractivity contribution in [3.63, 3.8) is 0 Å². The second-order valence-electron chi connectivity index (χ2n) is 7.05. The molecule has 1 fully saturated rings. The second kappa shape index (κ2) is 7.49. The highest BCUT2D eigenvalue weighted by molar-refractivity contribution is 7.99. The number of rotatable bonds is 6. The normalized spacial score (nSPS) is 16.4. The maximum absolute atomic E-state index is 14.2. The fourth-order valence-electron chi connectivity index (χ4n) is 3.22. The summed E-state index contributed by atoms with van der Waals surface area (Å²) in [5.41, 5.74) is 0.650. The van der Waals surface area contributed by atoms with Crippen LogP contribution in [0.5, 0.6) is 11.5 Å². The Kier molecular flexibility index (Phi) is 4.77. The fraction of sp³-hybridized carbons (Fsp3) is 0.250. The van der Waals surface area contributed by atoms with Gasteiger partial charge in [0.2, 0.25) is 5.91 Å². The molecule has 1 N–H and O–H groups in total. The lowest BCUT2D eigenvalue weighted by Gasteiger charge is -2.09. The first-order valence-corrected chi connectivity index (χ1v) is 10.4. The van der Waals surface area contributed by atoms with E-state index in [1.54, 1.807) is 18.2 Å². The zero-order valence-electron chi connectivity index (χ0n) is 15.8. The number of ether oxygens (including phenoxy) is 2. The van der Waals surface area contributed by atoms with E-state index in [9.17, 15) is 18.0 Å². The maximum atomic E-state index is 14.2. The number of benzene rings is 2. The summed E-state index contributed by atoms with van der Waals surface area (Å²) in [4.78, 5) is 12.4. The van der Waals surface area contributed by atoms with Gasteiger partial charge in [0.25, 0.3) is 0 Å². The van der Waals surface area contributed by atoms with E-state index >= 15 is 0 Å². The quantitative estimate of drug-likeness (QED) is 0.561. The number of fused-ring (bicyclic) bond motifs is 1. The van der Waals surface area contributed by atoms with E-state index in [4.69, 9.17) is 0 Å². The molecule has 1 aliphatic carbocycles. The Morgan fingerprint density at radius 1 is 1.16 bits per heavy atom. The van der Waals surface area contributed by atoms with Gasteiger partial charge in [-0.1, -0.05) is 23.9 Å². The zero-order chi connectivity index (χ0) is 21.6. The third kappa shape index (κ3) is 4.05. The molecule has 1 aliphatic heterocycles. The van der Waals surface area contributed by atoms with E-state index in [1.807, 2.05) is 4.57 Å². The Balaban J connectivity index is 1.28. The Morgan fingerprint density at radius 2 is 1.94 bits per heavy atom. The molecule has 11 heteroatoms. The minimum absolute atomic E-state index is 0.00667. The third-order valence-electron chi connectivity index (χ3n) is 4.71. The van der Waals surface area contributed by atoms with Crippen LogP contribution in [0.4, 0.5) is 18.9 Å². The monoisotopic (exact) mass is 448 g/mol. The molecule has 1 amide bonds. The number of carbonyl (C=O) groups is 1. The minimum Gasteiger partial charge on any atom is -0.395 e. The molecule has 0 atom stereocenters. The molecule has 3 aromatic rings. The summed E-state index contributed by atoms with van der Waals surface area (Å²) in [5.74, 6) is -0.575. The van der Waals surface area contributed by atoms with Crippen LogP contribution in [0.1, 0.15) is 18.9 Å². The van der Waals surface area contributed by atoms with Crippen LogP contribution >= 0.6 is 11.8 Å². The largest absolute Gasteiger partial charge is 0.586 e. The molecule has 1 aromatic heterocycles. The second-order valence-corrected chi connectivity index (χ2v) is 8.00. The van der Waals surface area contributed by atoms with E-state index in [0.717, 1.165) is 12.8 Å². The summed E-state index contributed by atoms with van der Waals surface area (Å²) in [6.07, 6.45) is -1.86. The predicted molar refractivity (Wildman–Crippen MR) is 106 cm³/mol. The van der Waals surface area contributed by atoms with Crippen LogP contribution in [0.3, 0.4) is 0 Å². The van der Waals surface area contributed by atoms with Gasteiger partial charge in [-0.15, -0.1) is 19.0 Å². The Hall–Kier alpha value is -3.21. The predicted octanol–water partition coefficient (Wildman–Crippen LogP) is 4.47. The minimum atomic E-state index is -3.72. The van der Waals surface area contributed by atoms with E-state index in [-0.39, 0.29) is 35.0 Å². The number of hydrogen-bond acceptors (Lipinski definition) is 6. The van der Waals surface area contributed by atoms with E-state index in [0.29, 0.717) is 22.2 Å². The molecule has 2 aliphatic rings. The van der Waals surface area contributed by atoms with Crippen LogP contribution in [-0.2, 0) is 4.79 Å². The highest BCUT2D eigenvalue weighted by atomic mass is 32.2. The highest BCUT2D eigenvalue weighted by Crippen LogP contribution is 2.43. The average molecular weight is 448 g/mol. The molecule has 2 heterocycles. The van der Waals surface area contributed by atoms with E-state index < -0.39 is 6.29 Å². The van der Waals surface area contributed by atoms with Crippen LogP contribution in [0.25, 0.3) is 11.4 Å². The molecule has 1 saturated carbocycles. The summed E-state index contributed by atoms with van der Waals surface area (Å²) in [6, 6.07) is 10.5. The maximum Gasteiger partial charge on any atom is 0.586 e. The van der Waals surface area contributed by atoms with E-state index in [2.05, 4.69) is 25.0 Å². The summed E-state index contributed by atoms with van der Waals surface area (Å²) in [6.45, 7) is 0. The number of hydrogen-bond donors (Lipinski definition) is 1. The summed E-state index contributed by atoms with van der Waals surface area (Å²) < 4.78 is 51.1. The summed E-state index contributed by atoms with van der Waals surface area (Å²) in [5, 5.41) is 11.4. The Morgan fingerprint density at radius 3 is 2.71 bits per heavy atom. The van der Waals surface area contributed by atoms with Crippen LogP contribution in [0, 0.1) is 5.82 Å². The van der Waals surface area contributed by atoms with Gasteiger partial charge in [0.1, 0.15) is 5.82 Å². The number of halogens is 3. The van der Waals surface area contributed by atoms with Gasteiger partial charge >= 0.3 is 6.29 Å². The topological polar surface area (TPSA) is 78.3 Å². The molecule has 0 spiro atoms. The van der Waals surface area contributed by atoms with Crippen molar-refractivity contribution in [3.05, 3.63) is 48.3 Å². The fourth-order valence-corrected chi connectivity index (χ4v) is 4.02. The molecular formula is C20H15F3N4O3S. The van der Waals surface area contributed by atoms with Gasteiger partial charge in [-0.05, 0) is 37.1 Å². The van der Waals surface area contributed by atoms with Crippen molar-refractivity contribution in [1.29, 1.82) is 0 Å². The number of nitrogens with one attached hydrogen (secondary N) is 1. The molecule has 0 radical (unpaired) electrons. The lowest BCUT2D eigenvalue weighted by molar-refractivity contribution is -0.286. The number of thioether (sulfide) groups is 1. The van der Waals surface area contributed by atoms with Crippen LogP contribution < -0.4 is 14.8 Å². The SMILES string of the molecule is O=C(CSc1nnc(-c2ccccc2F)n1C1CC1)Nc1ccc2c(c1)OC(F)(F)O2. The lowest BCUT2D eigenvalue weighted by Crippen LogP contribution is -2.25. The number of anilines is 1. The number of carbonyl (C=O) groups excluding carboxylic acids is 1. The molecule has 160 valence electrons. The number of aromatic nitrogens is 3. The number of nitrogens with zero attached hydrogens (tertiary/aromatic N) is 3. The Bertz CT molecular complexity index is 1170. The van der Waals surface area contributed by atoms with Gasteiger partial charge in [0.05, 0.1) is 11.3 Å². The van der Waals surface area contributed by atoms with Gasteiger partial charge in [-0.3, -0.25) is 9.36 Å². The molecular weight excluding hydrogens is 433 g/mol. The molecule has 0 bridgehead atoms. The molecule has 5 rings (SSSR count). The van der Waals surface area contributed by atoms with Crippen molar-refractivity contribution in [1.82, 2.24) is 14.8 Å². The lowest BCUT2D eigenvalue weighted by atomic mass is 10.2. The number of alkyl halides is 2. The first-order valence-electron chi connectivity index (χ1n) is 9.42. The van der Waals surface area contributed by atoms with Gasteiger partial charge in [-0.25, -0.2) is 4.39 Å². The van der Waals surface area contributed by atoms with Gasteiger partial charge in [0, 0.05) is 17.8 Å². The van der Waals surface area contributed by atoms with Gasteiger partial charge in [-0.2, -0.15) is 0 Å². The highest BCUT2D eigenvalue weighted by Gasteiger charge is 2.43. The van der Waals surface area contributed by atoms with Gasteiger partial charge < -0.3 is 14.8 Å². The number of amides is 1. The van der Waals surface area contributed by atoms with Crippen LogP contribution in [-0.4, -0.2) is 32.7 Å². The smallest absolute Gasteiger partial charge is 0.395 e. The molecule has 31 heavy (non-hydrogen) atoms. The first kappa shape index (κ1) is 19.7. The zero-order valence-corrected chi connectivity index (χ0v) is 16.7. The summed E-state index contributed by atoms with van der Waals surface area (Å²) in [7, 11) is 0. The first-order chi connectivity index (χ1) is 14.9. The third-order valence-corrected chi connectivity index (χ3v) is 5.65.